The average molecular weight is 540 g/mol. The molecule has 1 fully saturated rings. The van der Waals surface area contributed by atoms with Crippen molar-refractivity contribution in [1.82, 2.24) is 14.8 Å². The van der Waals surface area contributed by atoms with E-state index in [2.05, 4.69) is 77.7 Å². The first-order valence-corrected chi connectivity index (χ1v) is 14.8. The molecule has 4 aromatic rings. The van der Waals surface area contributed by atoms with E-state index in [1.807, 2.05) is 22.4 Å². The molecule has 0 N–H and O–H groups in total. The Labute approximate surface area is 236 Å². The van der Waals surface area contributed by atoms with E-state index < -0.39 is 0 Å². The van der Waals surface area contributed by atoms with Gasteiger partial charge < -0.3 is 9.64 Å². The van der Waals surface area contributed by atoms with Crippen molar-refractivity contribution in [3.63, 3.8) is 0 Å². The molecule has 2 heterocycles. The van der Waals surface area contributed by atoms with Crippen molar-refractivity contribution in [1.29, 1.82) is 0 Å². The highest BCUT2D eigenvalue weighted by Gasteiger charge is 2.22. The van der Waals surface area contributed by atoms with Gasteiger partial charge in [-0.3, -0.25) is 9.69 Å². The quantitative estimate of drug-likeness (QED) is 0.206. The monoisotopic (exact) mass is 539 g/mol. The van der Waals surface area contributed by atoms with E-state index in [0.717, 1.165) is 56.2 Å². The third kappa shape index (κ3) is 7.34. The summed E-state index contributed by atoms with van der Waals surface area (Å²) in [6.07, 6.45) is 4.36. The molecule has 3 aromatic carbocycles. The first-order valence-electron chi connectivity index (χ1n) is 13.9. The molecule has 0 bridgehead atoms. The van der Waals surface area contributed by atoms with Crippen molar-refractivity contribution < 1.29 is 9.53 Å². The molecule has 0 atom stereocenters. The van der Waals surface area contributed by atoms with Crippen LogP contribution in [0.1, 0.15) is 63.8 Å². The van der Waals surface area contributed by atoms with Crippen LogP contribution < -0.4 is 4.74 Å². The van der Waals surface area contributed by atoms with Crippen molar-refractivity contribution in [3.05, 3.63) is 118 Å². The Morgan fingerprint density at radius 1 is 0.897 bits per heavy atom. The summed E-state index contributed by atoms with van der Waals surface area (Å²) in [4.78, 5) is 22.2. The number of carbonyl (C=O) groups excluding carboxylic acids is 1. The van der Waals surface area contributed by atoms with E-state index in [-0.39, 0.29) is 5.91 Å². The van der Waals surface area contributed by atoms with Gasteiger partial charge in [0.25, 0.3) is 5.91 Å². The first kappa shape index (κ1) is 27.1. The molecular weight excluding hydrogens is 502 g/mol. The molecule has 1 aromatic heterocycles. The Morgan fingerprint density at radius 3 is 2.15 bits per heavy atom. The molecule has 5 rings (SSSR count). The molecule has 0 aliphatic carbocycles. The van der Waals surface area contributed by atoms with Gasteiger partial charge in [-0.05, 0) is 61.1 Å². The van der Waals surface area contributed by atoms with Gasteiger partial charge in [-0.1, -0.05) is 72.8 Å². The number of hydrogen-bond acceptors (Lipinski definition) is 5. The highest BCUT2D eigenvalue weighted by Crippen LogP contribution is 2.29. The Balaban J connectivity index is 1.34. The summed E-state index contributed by atoms with van der Waals surface area (Å²) in [6.45, 7) is 4.09. The Hall–Kier alpha value is -3.48. The fourth-order valence-electron chi connectivity index (χ4n) is 5.34. The van der Waals surface area contributed by atoms with Crippen LogP contribution in [0.4, 0.5) is 0 Å². The lowest BCUT2D eigenvalue weighted by Crippen LogP contribution is -2.35. The normalized spacial score (nSPS) is 13.7. The maximum atomic E-state index is 13.0. The van der Waals surface area contributed by atoms with Crippen LogP contribution in [-0.4, -0.2) is 47.4 Å². The van der Waals surface area contributed by atoms with Crippen molar-refractivity contribution in [2.75, 3.05) is 26.7 Å². The SMILES string of the molecule is COc1ccc(CN(CCC(c2ccccc2)c2ccccc2)Cc2nc(C(=O)N3CCCCC3)cs2)cc1. The largest absolute Gasteiger partial charge is 0.497 e. The maximum Gasteiger partial charge on any atom is 0.273 e. The molecular formula is C33H37N3O2S. The third-order valence-corrected chi connectivity index (χ3v) is 8.31. The molecule has 6 heteroatoms. The van der Waals surface area contributed by atoms with E-state index in [1.54, 1.807) is 18.4 Å². The maximum absolute atomic E-state index is 13.0. The van der Waals surface area contributed by atoms with Crippen molar-refractivity contribution in [2.24, 2.45) is 0 Å². The molecule has 5 nitrogen and oxygen atoms in total. The summed E-state index contributed by atoms with van der Waals surface area (Å²) in [5.41, 5.74) is 4.48. The number of carbonyl (C=O) groups is 1. The number of ether oxygens (including phenoxy) is 1. The lowest BCUT2D eigenvalue weighted by Gasteiger charge is -2.26. The van der Waals surface area contributed by atoms with Crippen LogP contribution in [-0.2, 0) is 13.1 Å². The second kappa shape index (κ2) is 13.5. The van der Waals surface area contributed by atoms with Crippen molar-refractivity contribution in [2.45, 2.75) is 44.7 Å². The number of likely N-dealkylation sites (tertiary alicyclic amines) is 1. The van der Waals surface area contributed by atoms with Gasteiger partial charge in [-0.15, -0.1) is 11.3 Å². The zero-order chi connectivity index (χ0) is 26.9. The Bertz CT molecular complexity index is 1260. The summed E-state index contributed by atoms with van der Waals surface area (Å²) in [7, 11) is 1.69. The fraction of sp³-hybridized carbons (Fsp3) is 0.333. The lowest BCUT2D eigenvalue weighted by atomic mass is 9.88. The van der Waals surface area contributed by atoms with E-state index in [9.17, 15) is 4.79 Å². The molecule has 0 spiro atoms. The fourth-order valence-corrected chi connectivity index (χ4v) is 6.15. The summed E-state index contributed by atoms with van der Waals surface area (Å²) < 4.78 is 5.36. The van der Waals surface area contributed by atoms with Gasteiger partial charge in [0.15, 0.2) is 0 Å². The molecule has 0 saturated carbocycles. The van der Waals surface area contributed by atoms with Gasteiger partial charge >= 0.3 is 0 Å². The zero-order valence-corrected chi connectivity index (χ0v) is 23.5. The van der Waals surface area contributed by atoms with Gasteiger partial charge in [0, 0.05) is 30.9 Å². The predicted molar refractivity (Wildman–Crippen MR) is 158 cm³/mol. The molecule has 1 aliphatic heterocycles. The number of methoxy groups -OCH3 is 1. The number of amides is 1. The van der Waals surface area contributed by atoms with Crippen LogP contribution in [0.2, 0.25) is 0 Å². The van der Waals surface area contributed by atoms with Gasteiger partial charge in [0.05, 0.1) is 13.7 Å². The molecule has 202 valence electrons. The van der Waals surface area contributed by atoms with Gasteiger partial charge in [0.1, 0.15) is 16.5 Å². The van der Waals surface area contributed by atoms with Crippen LogP contribution in [0.15, 0.2) is 90.3 Å². The molecule has 0 radical (unpaired) electrons. The van der Waals surface area contributed by atoms with Gasteiger partial charge in [-0.2, -0.15) is 0 Å². The van der Waals surface area contributed by atoms with Gasteiger partial charge in [0.2, 0.25) is 0 Å². The molecule has 39 heavy (non-hydrogen) atoms. The highest BCUT2D eigenvalue weighted by atomic mass is 32.1. The minimum atomic E-state index is 0.0760. The number of hydrogen-bond donors (Lipinski definition) is 0. The third-order valence-electron chi connectivity index (χ3n) is 7.48. The number of aromatic nitrogens is 1. The van der Waals surface area contributed by atoms with Crippen LogP contribution in [0.25, 0.3) is 0 Å². The number of rotatable bonds is 11. The minimum Gasteiger partial charge on any atom is -0.497 e. The smallest absolute Gasteiger partial charge is 0.273 e. The average Bonchev–Trinajstić information content (AvgIpc) is 3.47. The minimum absolute atomic E-state index is 0.0760. The van der Waals surface area contributed by atoms with Crippen molar-refractivity contribution >= 4 is 17.2 Å². The van der Waals surface area contributed by atoms with Crippen LogP contribution >= 0.6 is 11.3 Å². The van der Waals surface area contributed by atoms with Crippen molar-refractivity contribution in [3.8, 4) is 5.75 Å². The zero-order valence-electron chi connectivity index (χ0n) is 22.7. The van der Waals surface area contributed by atoms with E-state index in [4.69, 9.17) is 9.72 Å². The second-order valence-corrected chi connectivity index (χ2v) is 11.1. The summed E-state index contributed by atoms with van der Waals surface area (Å²) in [5, 5.41) is 2.93. The number of thiazole rings is 1. The van der Waals surface area contributed by atoms with Crippen LogP contribution in [0, 0.1) is 0 Å². The standard InChI is InChI=1S/C33H37N3O2S/c1-38-29-17-15-26(16-18-29)23-35(24-32-34-31(25-39-32)33(37)36-20-9-4-10-21-36)22-19-30(27-11-5-2-6-12-27)28-13-7-3-8-14-28/h2-3,5-8,11-18,25,30H,4,9-10,19-24H2,1H3. The first-order chi connectivity index (χ1) is 19.2. The van der Waals surface area contributed by atoms with E-state index in [0.29, 0.717) is 18.2 Å². The second-order valence-electron chi connectivity index (χ2n) is 10.2. The number of piperidine rings is 1. The number of benzene rings is 3. The molecule has 1 aliphatic rings. The van der Waals surface area contributed by atoms with Crippen LogP contribution in [0.5, 0.6) is 5.75 Å². The van der Waals surface area contributed by atoms with Crippen LogP contribution in [0.3, 0.4) is 0 Å². The Kier molecular flexibility index (Phi) is 9.41. The summed E-state index contributed by atoms with van der Waals surface area (Å²) in [5.74, 6) is 1.24. The topological polar surface area (TPSA) is 45.7 Å². The Morgan fingerprint density at radius 2 is 1.54 bits per heavy atom. The predicted octanol–water partition coefficient (Wildman–Crippen LogP) is 7.00. The number of nitrogens with zero attached hydrogens (tertiary/aromatic N) is 3. The highest BCUT2D eigenvalue weighted by molar-refractivity contribution is 7.09. The van der Waals surface area contributed by atoms with E-state index in [1.165, 1.54) is 23.1 Å². The lowest BCUT2D eigenvalue weighted by molar-refractivity contribution is 0.0718. The van der Waals surface area contributed by atoms with E-state index >= 15 is 0 Å². The molecule has 1 saturated heterocycles. The molecule has 0 unspecified atom stereocenters. The summed E-state index contributed by atoms with van der Waals surface area (Å²) >= 11 is 1.59. The molecule has 1 amide bonds. The van der Waals surface area contributed by atoms with Gasteiger partial charge in [-0.25, -0.2) is 4.98 Å². The summed E-state index contributed by atoms with van der Waals surface area (Å²) in [6, 6.07) is 29.8.